The molecule has 0 unspecified atom stereocenters. The van der Waals surface area contributed by atoms with Crippen molar-refractivity contribution in [2.75, 3.05) is 16.8 Å². The lowest BCUT2D eigenvalue weighted by atomic mass is 9.83. The molecule has 0 bridgehead atoms. The first kappa shape index (κ1) is 28.2. The number of nitriles is 1. The monoisotopic (exact) mass is 561 g/mol. The zero-order chi connectivity index (χ0) is 28.3. The van der Waals surface area contributed by atoms with E-state index in [1.165, 1.54) is 0 Å². The van der Waals surface area contributed by atoms with Gasteiger partial charge in [-0.3, -0.25) is 14.4 Å². The van der Waals surface area contributed by atoms with E-state index >= 15 is 0 Å². The van der Waals surface area contributed by atoms with Gasteiger partial charge in [0, 0.05) is 23.9 Å². The highest BCUT2D eigenvalue weighted by Gasteiger charge is 2.41. The van der Waals surface area contributed by atoms with Crippen molar-refractivity contribution in [3.63, 3.8) is 0 Å². The predicted molar refractivity (Wildman–Crippen MR) is 139 cm³/mol. The van der Waals surface area contributed by atoms with Crippen LogP contribution in [0, 0.1) is 29.1 Å². The van der Waals surface area contributed by atoms with Gasteiger partial charge in [0.15, 0.2) is 0 Å². The van der Waals surface area contributed by atoms with Crippen LogP contribution in [-0.2, 0) is 14.4 Å². The summed E-state index contributed by atoms with van der Waals surface area (Å²) in [5.74, 6) is -4.66. The molecule has 39 heavy (non-hydrogen) atoms. The Balaban J connectivity index is 1.65. The molecule has 2 aromatic rings. The van der Waals surface area contributed by atoms with Gasteiger partial charge in [0.05, 0.1) is 34.6 Å². The van der Waals surface area contributed by atoms with E-state index in [1.807, 2.05) is 0 Å². The third-order valence-corrected chi connectivity index (χ3v) is 7.34. The fraction of sp³-hybridized carbons (Fsp3) is 0.407. The largest absolute Gasteiger partial charge is 0.389 e. The van der Waals surface area contributed by atoms with Gasteiger partial charge < -0.3 is 21.3 Å². The minimum Gasteiger partial charge on any atom is -0.369 e. The minimum atomic E-state index is -4.54. The Kier molecular flexibility index (Phi) is 8.35. The van der Waals surface area contributed by atoms with Crippen LogP contribution in [0.25, 0.3) is 0 Å². The molecule has 4 N–H and O–H groups in total. The van der Waals surface area contributed by atoms with Gasteiger partial charge in [0.2, 0.25) is 17.7 Å². The van der Waals surface area contributed by atoms with Crippen molar-refractivity contribution in [1.29, 1.82) is 5.26 Å². The number of carbonyl (C=O) groups excluding carboxylic acids is 3. The number of rotatable bonds is 9. The number of fused-ring (bicyclic) bond motifs is 1. The maximum absolute atomic E-state index is 13.5. The fourth-order valence-corrected chi connectivity index (χ4v) is 5.06. The normalized spacial score (nSPS) is 18.7. The number of halogens is 4. The second-order valence-corrected chi connectivity index (χ2v) is 10.3. The van der Waals surface area contributed by atoms with E-state index in [1.54, 1.807) is 47.4 Å². The fourth-order valence-electron chi connectivity index (χ4n) is 4.84. The molecule has 1 saturated carbocycles. The molecule has 3 atom stereocenters. The first-order valence-electron chi connectivity index (χ1n) is 12.5. The summed E-state index contributed by atoms with van der Waals surface area (Å²) in [5.41, 5.74) is 7.22. The number of para-hydroxylation sites is 1. The second-order valence-electron chi connectivity index (χ2n) is 9.91. The molecule has 1 aliphatic carbocycles. The van der Waals surface area contributed by atoms with E-state index in [9.17, 15) is 32.8 Å². The van der Waals surface area contributed by atoms with E-state index in [0.717, 1.165) is 12.8 Å². The summed E-state index contributed by atoms with van der Waals surface area (Å²) in [6, 6.07) is 12.4. The first-order chi connectivity index (χ1) is 18.5. The molecule has 1 fully saturated rings. The number of nitrogens with two attached hydrogens (primary N) is 1. The van der Waals surface area contributed by atoms with Crippen molar-refractivity contribution in [3.8, 4) is 6.07 Å². The molecule has 206 valence electrons. The number of alkyl halides is 3. The average Bonchev–Trinajstić information content (AvgIpc) is 3.71. The topological polar surface area (TPSA) is 128 Å². The van der Waals surface area contributed by atoms with Crippen LogP contribution in [0.5, 0.6) is 0 Å². The first-order valence-corrected chi connectivity index (χ1v) is 12.9. The van der Waals surface area contributed by atoms with Gasteiger partial charge in [-0.15, -0.1) is 0 Å². The van der Waals surface area contributed by atoms with Gasteiger partial charge in [-0.25, -0.2) is 0 Å². The lowest BCUT2D eigenvalue weighted by molar-refractivity contribution is -0.146. The number of nitrogens with zero attached hydrogens (tertiary/aromatic N) is 2. The standard InChI is InChI=1S/C27H27ClF3N5O3/c28-20-5-2-6-22-23(20)35-26(39)21(14-36(22)17-4-1-3-16(11-17)13-32)34-25(38)18(9-10-27(29,30)31)19(24(33)37)12-15-7-8-15/h1-6,11,15,18-19,21H,7-10,12,14H2,(H2,33,37)(H,34,38)(H,35,39)/t18-,19+,21+/m1/s1. The molecule has 2 aliphatic rings. The Labute approximate surface area is 228 Å². The molecule has 1 aliphatic heterocycles. The third-order valence-electron chi connectivity index (χ3n) is 7.03. The lowest BCUT2D eigenvalue weighted by Gasteiger charge is -2.29. The van der Waals surface area contributed by atoms with Crippen LogP contribution in [-0.4, -0.2) is 36.5 Å². The molecule has 0 aromatic heterocycles. The molecule has 8 nitrogen and oxygen atoms in total. The smallest absolute Gasteiger partial charge is 0.369 e. The van der Waals surface area contributed by atoms with Gasteiger partial charge >= 0.3 is 6.18 Å². The Morgan fingerprint density at radius 3 is 2.56 bits per heavy atom. The Morgan fingerprint density at radius 2 is 1.92 bits per heavy atom. The molecular formula is C27H27ClF3N5O3. The highest BCUT2D eigenvalue weighted by molar-refractivity contribution is 6.34. The highest BCUT2D eigenvalue weighted by atomic mass is 35.5. The summed E-state index contributed by atoms with van der Waals surface area (Å²) < 4.78 is 39.4. The summed E-state index contributed by atoms with van der Waals surface area (Å²) in [6.07, 6.45) is -4.60. The molecule has 2 aromatic carbocycles. The summed E-state index contributed by atoms with van der Waals surface area (Å²) in [5, 5.41) is 14.9. The van der Waals surface area contributed by atoms with Crippen LogP contribution >= 0.6 is 11.6 Å². The minimum absolute atomic E-state index is 0.115. The predicted octanol–water partition coefficient (Wildman–Crippen LogP) is 4.65. The van der Waals surface area contributed by atoms with Crippen molar-refractivity contribution in [3.05, 3.63) is 53.1 Å². The Bertz CT molecular complexity index is 1310. The van der Waals surface area contributed by atoms with Gasteiger partial charge in [0.1, 0.15) is 6.04 Å². The van der Waals surface area contributed by atoms with Gasteiger partial charge in [-0.1, -0.05) is 36.6 Å². The number of anilines is 3. The number of benzene rings is 2. The third kappa shape index (κ3) is 7.00. The molecule has 12 heteroatoms. The van der Waals surface area contributed by atoms with Gasteiger partial charge in [-0.2, -0.15) is 18.4 Å². The highest BCUT2D eigenvalue weighted by Crippen LogP contribution is 2.41. The van der Waals surface area contributed by atoms with E-state index < -0.39 is 54.6 Å². The van der Waals surface area contributed by atoms with Crippen molar-refractivity contribution in [1.82, 2.24) is 5.32 Å². The van der Waals surface area contributed by atoms with Crippen molar-refractivity contribution >= 4 is 46.4 Å². The molecule has 0 radical (unpaired) electrons. The zero-order valence-electron chi connectivity index (χ0n) is 20.8. The number of hydrogen-bond donors (Lipinski definition) is 3. The molecule has 0 spiro atoms. The van der Waals surface area contributed by atoms with Crippen LogP contribution < -0.4 is 21.3 Å². The van der Waals surface area contributed by atoms with Crippen LogP contribution in [0.3, 0.4) is 0 Å². The van der Waals surface area contributed by atoms with Crippen LogP contribution in [0.2, 0.25) is 5.02 Å². The Hall–Kier alpha value is -3.78. The van der Waals surface area contributed by atoms with E-state index in [0.29, 0.717) is 16.9 Å². The van der Waals surface area contributed by atoms with Crippen LogP contribution in [0.1, 0.15) is 37.7 Å². The van der Waals surface area contributed by atoms with Gasteiger partial charge in [0.25, 0.3) is 0 Å². The molecule has 4 rings (SSSR count). The summed E-state index contributed by atoms with van der Waals surface area (Å²) in [7, 11) is 0. The van der Waals surface area contributed by atoms with E-state index in [-0.39, 0.29) is 29.6 Å². The average molecular weight is 562 g/mol. The molecule has 3 amide bonds. The summed E-state index contributed by atoms with van der Waals surface area (Å²) >= 11 is 6.37. The summed E-state index contributed by atoms with van der Waals surface area (Å²) in [4.78, 5) is 40.7. The zero-order valence-corrected chi connectivity index (χ0v) is 21.6. The number of carbonyl (C=O) groups is 3. The molecule has 0 saturated heterocycles. The molecular weight excluding hydrogens is 535 g/mol. The van der Waals surface area contributed by atoms with Crippen molar-refractivity contribution < 1.29 is 27.6 Å². The van der Waals surface area contributed by atoms with Crippen molar-refractivity contribution in [2.24, 2.45) is 23.5 Å². The SMILES string of the molecule is N#Cc1cccc(N2C[C@H](NC(=O)[C@H](CCC(F)(F)F)[C@H](CC3CC3)C(N)=O)C(=O)Nc3c(Cl)cccc32)c1. The van der Waals surface area contributed by atoms with Gasteiger partial charge in [-0.05, 0) is 49.1 Å². The molecule has 1 heterocycles. The lowest BCUT2D eigenvalue weighted by Crippen LogP contribution is -2.52. The number of hydrogen-bond acceptors (Lipinski definition) is 5. The number of amides is 3. The number of nitrogens with one attached hydrogen (secondary N) is 2. The van der Waals surface area contributed by atoms with Crippen LogP contribution in [0.4, 0.5) is 30.2 Å². The maximum Gasteiger partial charge on any atom is 0.389 e. The second kappa shape index (κ2) is 11.5. The van der Waals surface area contributed by atoms with Crippen LogP contribution in [0.15, 0.2) is 42.5 Å². The summed E-state index contributed by atoms with van der Waals surface area (Å²) in [6.45, 7) is -0.115. The Morgan fingerprint density at radius 1 is 1.21 bits per heavy atom. The maximum atomic E-state index is 13.5. The quantitative estimate of drug-likeness (QED) is 0.411. The van der Waals surface area contributed by atoms with E-state index in [2.05, 4.69) is 16.7 Å². The van der Waals surface area contributed by atoms with Crippen molar-refractivity contribution in [2.45, 2.75) is 44.3 Å². The van der Waals surface area contributed by atoms with E-state index in [4.69, 9.17) is 17.3 Å². The number of primary amides is 1.